The van der Waals surface area contributed by atoms with Crippen LogP contribution in [0.5, 0.6) is 0 Å². The maximum Gasteiger partial charge on any atom is 0.341 e. The number of carbonyl (C=O) groups excluding carboxylic acids is 2. The Morgan fingerprint density at radius 1 is 1.16 bits per heavy atom. The zero-order valence-corrected chi connectivity index (χ0v) is 12.8. The lowest BCUT2D eigenvalue weighted by Crippen LogP contribution is -2.31. The molecule has 0 fully saturated rings. The van der Waals surface area contributed by atoms with Crippen LogP contribution < -0.4 is 0 Å². The fourth-order valence-corrected chi connectivity index (χ4v) is 1.72. The Morgan fingerprint density at radius 2 is 1.68 bits per heavy atom. The van der Waals surface area contributed by atoms with Gasteiger partial charge in [-0.3, -0.25) is 4.79 Å². The van der Waals surface area contributed by atoms with Crippen molar-refractivity contribution in [3.63, 3.8) is 0 Å². The average Bonchev–Trinajstić information content (AvgIpc) is 2.27. The van der Waals surface area contributed by atoms with E-state index in [-0.39, 0.29) is 18.0 Å². The van der Waals surface area contributed by atoms with Crippen LogP contribution in [0.4, 0.5) is 0 Å². The first kappa shape index (κ1) is 17.4. The van der Waals surface area contributed by atoms with Gasteiger partial charge in [0.15, 0.2) is 5.78 Å². The minimum Gasteiger partial charge on any atom is -0.462 e. The summed E-state index contributed by atoms with van der Waals surface area (Å²) < 4.78 is 4.84. The second-order valence-corrected chi connectivity index (χ2v) is 4.83. The van der Waals surface area contributed by atoms with Gasteiger partial charge in [-0.2, -0.15) is 0 Å². The van der Waals surface area contributed by atoms with E-state index < -0.39 is 5.97 Å². The summed E-state index contributed by atoms with van der Waals surface area (Å²) in [4.78, 5) is 25.1. The van der Waals surface area contributed by atoms with Crippen LogP contribution in [0.25, 0.3) is 0 Å². The number of hydrogen-bond acceptors (Lipinski definition) is 4. The Kier molecular flexibility index (Phi) is 7.80. The lowest BCUT2D eigenvalue weighted by atomic mass is 10.1. The molecule has 0 radical (unpaired) electrons. The van der Waals surface area contributed by atoms with Crippen LogP contribution in [0.3, 0.4) is 0 Å². The Labute approximate surface area is 116 Å². The van der Waals surface area contributed by atoms with Gasteiger partial charge in [-0.15, -0.1) is 0 Å². The highest BCUT2D eigenvalue weighted by atomic mass is 16.5. The first-order valence-electron chi connectivity index (χ1n) is 6.65. The Bertz CT molecular complexity index is 360. The Morgan fingerprint density at radius 3 is 2.05 bits per heavy atom. The van der Waals surface area contributed by atoms with Crippen molar-refractivity contribution in [2.24, 2.45) is 0 Å². The first-order valence-corrected chi connectivity index (χ1v) is 6.65. The number of hydrogen-bond donors (Lipinski definition) is 0. The molecule has 0 atom stereocenters. The van der Waals surface area contributed by atoms with Gasteiger partial charge in [0.1, 0.15) is 5.57 Å². The van der Waals surface area contributed by atoms with Gasteiger partial charge in [-0.05, 0) is 59.9 Å². The molecule has 0 aliphatic heterocycles. The molecule has 0 bridgehead atoms. The third-order valence-electron chi connectivity index (χ3n) is 2.59. The number of nitrogens with zero attached hydrogens (tertiary/aromatic N) is 1. The number of carbonyl (C=O) groups is 2. The molecule has 0 aromatic carbocycles. The molecule has 4 nitrogen and oxygen atoms in total. The van der Waals surface area contributed by atoms with Gasteiger partial charge in [0.25, 0.3) is 0 Å². The van der Waals surface area contributed by atoms with Crippen molar-refractivity contribution < 1.29 is 14.3 Å². The molecule has 19 heavy (non-hydrogen) atoms. The van der Waals surface area contributed by atoms with Gasteiger partial charge in [-0.1, -0.05) is 0 Å². The van der Waals surface area contributed by atoms with Gasteiger partial charge in [0, 0.05) is 12.1 Å². The van der Waals surface area contributed by atoms with E-state index in [4.69, 9.17) is 4.74 Å². The molecule has 0 heterocycles. The van der Waals surface area contributed by atoms with Crippen LogP contribution in [-0.4, -0.2) is 35.3 Å². The number of Topliss-reactive ketones (excluding diaryl/α,β-unsaturated/α-hetero) is 1. The summed E-state index contributed by atoms with van der Waals surface area (Å²) in [6.07, 6.45) is 5.11. The monoisotopic (exact) mass is 267 g/mol. The minimum atomic E-state index is -0.569. The van der Waals surface area contributed by atoms with Crippen molar-refractivity contribution >= 4 is 11.8 Å². The van der Waals surface area contributed by atoms with Crippen LogP contribution in [0.1, 0.15) is 41.5 Å². The van der Waals surface area contributed by atoms with E-state index in [2.05, 4.69) is 32.6 Å². The molecule has 0 saturated heterocycles. The lowest BCUT2D eigenvalue weighted by molar-refractivity contribution is -0.139. The number of allylic oxidation sites excluding steroid dienone is 2. The molecule has 0 aromatic heterocycles. The van der Waals surface area contributed by atoms with Crippen molar-refractivity contribution in [1.82, 2.24) is 4.90 Å². The molecule has 0 rings (SSSR count). The summed E-state index contributed by atoms with van der Waals surface area (Å²) in [6.45, 7) is 11.7. The maximum absolute atomic E-state index is 11.6. The second kappa shape index (κ2) is 8.51. The third kappa shape index (κ3) is 6.22. The molecular weight excluding hydrogens is 242 g/mol. The number of rotatable bonds is 7. The Hall–Kier alpha value is -1.58. The van der Waals surface area contributed by atoms with Crippen molar-refractivity contribution in [3.8, 4) is 0 Å². The average molecular weight is 267 g/mol. The highest BCUT2D eigenvalue weighted by molar-refractivity contribution is 6.16. The number of ether oxygens (including phenoxy) is 1. The summed E-state index contributed by atoms with van der Waals surface area (Å²) in [5.41, 5.74) is 0.0746. The maximum atomic E-state index is 11.6. The first-order chi connectivity index (χ1) is 8.81. The predicted octanol–water partition coefficient (Wildman–Crippen LogP) is 2.70. The van der Waals surface area contributed by atoms with Gasteiger partial charge < -0.3 is 9.64 Å². The third-order valence-corrected chi connectivity index (χ3v) is 2.59. The molecule has 0 unspecified atom stereocenters. The molecule has 0 N–H and O–H groups in total. The predicted molar refractivity (Wildman–Crippen MR) is 76.6 cm³/mol. The van der Waals surface area contributed by atoms with E-state index in [1.54, 1.807) is 13.0 Å². The van der Waals surface area contributed by atoms with E-state index >= 15 is 0 Å². The number of esters is 1. The summed E-state index contributed by atoms with van der Waals surface area (Å²) in [5.74, 6) is -0.857. The summed E-state index contributed by atoms with van der Waals surface area (Å²) in [7, 11) is 0. The highest BCUT2D eigenvalue weighted by Crippen LogP contribution is 2.07. The second-order valence-electron chi connectivity index (χ2n) is 4.83. The minimum absolute atomic E-state index is 0.0746. The molecule has 0 aliphatic rings. The highest BCUT2D eigenvalue weighted by Gasteiger charge is 2.14. The van der Waals surface area contributed by atoms with E-state index in [9.17, 15) is 9.59 Å². The summed E-state index contributed by atoms with van der Waals surface area (Å²) in [5, 5.41) is 0. The van der Waals surface area contributed by atoms with Crippen LogP contribution in [0.2, 0.25) is 0 Å². The van der Waals surface area contributed by atoms with Crippen LogP contribution in [0, 0.1) is 0 Å². The summed E-state index contributed by atoms with van der Waals surface area (Å²) >= 11 is 0. The molecule has 0 spiro atoms. The zero-order valence-electron chi connectivity index (χ0n) is 12.8. The van der Waals surface area contributed by atoms with E-state index in [0.29, 0.717) is 12.1 Å². The van der Waals surface area contributed by atoms with Crippen molar-refractivity contribution in [2.45, 2.75) is 53.6 Å². The molecule has 108 valence electrons. The Balaban J connectivity index is 4.97. The smallest absolute Gasteiger partial charge is 0.341 e. The largest absolute Gasteiger partial charge is 0.462 e. The fourth-order valence-electron chi connectivity index (χ4n) is 1.72. The van der Waals surface area contributed by atoms with Crippen molar-refractivity contribution in [2.75, 3.05) is 6.61 Å². The summed E-state index contributed by atoms with van der Waals surface area (Å²) in [6, 6.07) is 0.709. The van der Waals surface area contributed by atoms with E-state index in [1.165, 1.54) is 13.0 Å². The molecule has 4 heteroatoms. The normalized spacial score (nSPS) is 12.3. The van der Waals surface area contributed by atoms with Crippen LogP contribution in [0.15, 0.2) is 23.9 Å². The standard InChI is InChI=1S/C15H25NO3/c1-7-19-15(18)14(13(6)17)9-8-10-16(11(2)3)12(4)5/h8-12H,7H2,1-6H3/b10-8+,14-9-. The topological polar surface area (TPSA) is 46.6 Å². The SMILES string of the molecule is CCOC(=O)/C(=C\C=C\N(C(C)C)C(C)C)C(C)=O. The quantitative estimate of drug-likeness (QED) is 0.234. The zero-order chi connectivity index (χ0) is 15.0. The van der Waals surface area contributed by atoms with E-state index in [1.807, 2.05) is 6.20 Å². The molecule has 0 amide bonds. The number of ketones is 1. The molecule has 0 aromatic rings. The van der Waals surface area contributed by atoms with E-state index in [0.717, 1.165) is 0 Å². The lowest BCUT2D eigenvalue weighted by Gasteiger charge is -2.29. The molecule has 0 saturated carbocycles. The van der Waals surface area contributed by atoms with Gasteiger partial charge in [0.05, 0.1) is 6.61 Å². The van der Waals surface area contributed by atoms with Crippen LogP contribution in [-0.2, 0) is 14.3 Å². The molecular formula is C15H25NO3. The van der Waals surface area contributed by atoms with Crippen molar-refractivity contribution in [3.05, 3.63) is 23.9 Å². The van der Waals surface area contributed by atoms with Gasteiger partial charge >= 0.3 is 5.97 Å². The van der Waals surface area contributed by atoms with Gasteiger partial charge in [0.2, 0.25) is 0 Å². The fraction of sp³-hybridized carbons (Fsp3) is 0.600. The van der Waals surface area contributed by atoms with Gasteiger partial charge in [-0.25, -0.2) is 4.79 Å². The van der Waals surface area contributed by atoms with Crippen LogP contribution >= 0.6 is 0 Å². The van der Waals surface area contributed by atoms with Crippen molar-refractivity contribution in [1.29, 1.82) is 0 Å². The molecule has 0 aliphatic carbocycles.